The predicted octanol–water partition coefficient (Wildman–Crippen LogP) is 1.51. The predicted molar refractivity (Wildman–Crippen MR) is 58.6 cm³/mol. The van der Waals surface area contributed by atoms with Crippen LogP contribution in [0.15, 0.2) is 0 Å². The van der Waals surface area contributed by atoms with Crippen molar-refractivity contribution in [3.8, 4) is 0 Å². The highest BCUT2D eigenvalue weighted by Gasteiger charge is 1.99. The molecule has 0 aliphatic rings. The average molecular weight is 188 g/mol. The highest BCUT2D eigenvalue weighted by Crippen LogP contribution is 1.93. The molecule has 0 atom stereocenters. The molecule has 0 rings (SSSR count). The summed E-state index contributed by atoms with van der Waals surface area (Å²) in [6, 6.07) is 0. The topological polar surface area (TPSA) is 15.3 Å². The zero-order valence-corrected chi connectivity index (χ0v) is 9.37. The SMILES string of the molecule is CC(C)C(=S)NCCCN(C)C. The van der Waals surface area contributed by atoms with Gasteiger partial charge in [0, 0.05) is 12.5 Å². The van der Waals surface area contributed by atoms with Crippen LogP contribution in [0, 0.1) is 5.92 Å². The third kappa shape index (κ3) is 6.55. The summed E-state index contributed by atoms with van der Waals surface area (Å²) in [4.78, 5) is 3.16. The van der Waals surface area contributed by atoms with Crippen molar-refractivity contribution >= 4 is 17.2 Å². The molecule has 3 heteroatoms. The van der Waals surface area contributed by atoms with Crippen LogP contribution in [0.1, 0.15) is 20.3 Å². The van der Waals surface area contributed by atoms with E-state index in [1.807, 2.05) is 0 Å². The molecule has 0 spiro atoms. The van der Waals surface area contributed by atoms with Crippen LogP contribution in [-0.4, -0.2) is 37.1 Å². The van der Waals surface area contributed by atoms with Crippen molar-refractivity contribution in [3.05, 3.63) is 0 Å². The first-order valence-corrected chi connectivity index (χ1v) is 4.87. The van der Waals surface area contributed by atoms with E-state index in [0.717, 1.165) is 24.5 Å². The number of thiocarbonyl (C=S) groups is 1. The van der Waals surface area contributed by atoms with E-state index < -0.39 is 0 Å². The summed E-state index contributed by atoms with van der Waals surface area (Å²) in [6.07, 6.45) is 1.15. The van der Waals surface area contributed by atoms with Gasteiger partial charge in [0.25, 0.3) is 0 Å². The molecule has 0 aliphatic heterocycles. The van der Waals surface area contributed by atoms with Crippen LogP contribution in [-0.2, 0) is 0 Å². The fourth-order valence-electron chi connectivity index (χ4n) is 0.811. The maximum absolute atomic E-state index is 5.13. The number of hydrogen-bond acceptors (Lipinski definition) is 2. The molecule has 0 heterocycles. The Balaban J connectivity index is 3.26. The third-order valence-corrected chi connectivity index (χ3v) is 2.22. The summed E-state index contributed by atoms with van der Waals surface area (Å²) in [5.41, 5.74) is 0. The average Bonchev–Trinajstić information content (AvgIpc) is 1.97. The Hall–Kier alpha value is -0.150. The molecular weight excluding hydrogens is 168 g/mol. The Morgan fingerprint density at radius 1 is 1.42 bits per heavy atom. The van der Waals surface area contributed by atoms with E-state index in [9.17, 15) is 0 Å². The molecule has 12 heavy (non-hydrogen) atoms. The fraction of sp³-hybridized carbons (Fsp3) is 0.889. The first-order valence-electron chi connectivity index (χ1n) is 4.46. The molecule has 0 bridgehead atoms. The molecule has 0 saturated heterocycles. The minimum atomic E-state index is 0.472. The number of nitrogens with one attached hydrogen (secondary N) is 1. The van der Waals surface area contributed by atoms with Crippen LogP contribution in [0.25, 0.3) is 0 Å². The van der Waals surface area contributed by atoms with E-state index in [-0.39, 0.29) is 0 Å². The molecule has 2 nitrogen and oxygen atoms in total. The molecule has 72 valence electrons. The lowest BCUT2D eigenvalue weighted by atomic mass is 10.2. The second kappa shape index (κ2) is 6.38. The first-order chi connectivity index (χ1) is 5.54. The monoisotopic (exact) mass is 188 g/mol. The number of nitrogens with zero attached hydrogens (tertiary/aromatic N) is 1. The molecule has 0 aromatic carbocycles. The van der Waals surface area contributed by atoms with Crippen molar-refractivity contribution in [1.82, 2.24) is 10.2 Å². The van der Waals surface area contributed by atoms with Gasteiger partial charge in [0.05, 0.1) is 4.99 Å². The van der Waals surface area contributed by atoms with E-state index in [1.165, 1.54) is 0 Å². The smallest absolute Gasteiger partial charge is 0.0779 e. The molecule has 1 N–H and O–H groups in total. The van der Waals surface area contributed by atoms with E-state index in [1.54, 1.807) is 0 Å². The summed E-state index contributed by atoms with van der Waals surface area (Å²) in [7, 11) is 4.17. The lowest BCUT2D eigenvalue weighted by Gasteiger charge is -2.12. The Bertz CT molecular complexity index is 132. The van der Waals surface area contributed by atoms with Gasteiger partial charge in [-0.1, -0.05) is 26.1 Å². The van der Waals surface area contributed by atoms with E-state index in [0.29, 0.717) is 5.92 Å². The largest absolute Gasteiger partial charge is 0.379 e. The summed E-state index contributed by atoms with van der Waals surface area (Å²) in [6.45, 7) is 6.34. The second-order valence-corrected chi connectivity index (χ2v) is 4.04. The first kappa shape index (κ1) is 11.8. The molecule has 0 aliphatic carbocycles. The number of hydrogen-bond donors (Lipinski definition) is 1. The minimum Gasteiger partial charge on any atom is -0.379 e. The Labute approximate surface area is 81.3 Å². The van der Waals surface area contributed by atoms with Crippen LogP contribution in [0.3, 0.4) is 0 Å². The van der Waals surface area contributed by atoms with Crippen molar-refractivity contribution in [2.45, 2.75) is 20.3 Å². The van der Waals surface area contributed by atoms with Crippen LogP contribution < -0.4 is 5.32 Å². The molecule has 0 unspecified atom stereocenters. The lowest BCUT2D eigenvalue weighted by molar-refractivity contribution is 0.400. The van der Waals surface area contributed by atoms with Gasteiger partial charge in [-0.2, -0.15) is 0 Å². The molecular formula is C9H20N2S. The summed E-state index contributed by atoms with van der Waals surface area (Å²) < 4.78 is 0. The highest BCUT2D eigenvalue weighted by atomic mass is 32.1. The van der Waals surface area contributed by atoms with E-state index in [4.69, 9.17) is 12.2 Å². The van der Waals surface area contributed by atoms with Gasteiger partial charge >= 0.3 is 0 Å². The van der Waals surface area contributed by atoms with Gasteiger partial charge in [0.2, 0.25) is 0 Å². The number of rotatable bonds is 5. The normalized spacial score (nSPS) is 10.8. The summed E-state index contributed by atoms with van der Waals surface area (Å²) in [5, 5.41) is 3.24. The Morgan fingerprint density at radius 2 is 2.00 bits per heavy atom. The van der Waals surface area contributed by atoms with E-state index in [2.05, 4.69) is 38.2 Å². The highest BCUT2D eigenvalue weighted by molar-refractivity contribution is 7.80. The molecule has 0 radical (unpaired) electrons. The molecule has 0 aromatic rings. The van der Waals surface area contributed by atoms with Gasteiger partial charge in [-0.05, 0) is 27.1 Å². The van der Waals surface area contributed by atoms with Gasteiger partial charge < -0.3 is 10.2 Å². The maximum atomic E-state index is 5.13. The molecule has 0 fully saturated rings. The van der Waals surface area contributed by atoms with Gasteiger partial charge in [-0.15, -0.1) is 0 Å². The fourth-order valence-corrected chi connectivity index (χ4v) is 0.913. The Morgan fingerprint density at radius 3 is 2.42 bits per heavy atom. The third-order valence-electron chi connectivity index (χ3n) is 1.61. The van der Waals surface area contributed by atoms with Crippen molar-refractivity contribution in [2.75, 3.05) is 27.2 Å². The van der Waals surface area contributed by atoms with Crippen molar-refractivity contribution < 1.29 is 0 Å². The summed E-state index contributed by atoms with van der Waals surface area (Å²) in [5.74, 6) is 0.472. The molecule has 0 aromatic heterocycles. The van der Waals surface area contributed by atoms with Gasteiger partial charge in [-0.3, -0.25) is 0 Å². The summed E-state index contributed by atoms with van der Waals surface area (Å²) >= 11 is 5.13. The van der Waals surface area contributed by atoms with Gasteiger partial charge in [0.15, 0.2) is 0 Å². The van der Waals surface area contributed by atoms with E-state index >= 15 is 0 Å². The van der Waals surface area contributed by atoms with Crippen LogP contribution in [0.5, 0.6) is 0 Å². The van der Waals surface area contributed by atoms with Crippen molar-refractivity contribution in [3.63, 3.8) is 0 Å². The van der Waals surface area contributed by atoms with Gasteiger partial charge in [0.1, 0.15) is 0 Å². The Kier molecular flexibility index (Phi) is 6.30. The zero-order valence-electron chi connectivity index (χ0n) is 8.55. The van der Waals surface area contributed by atoms with Crippen LogP contribution in [0.2, 0.25) is 0 Å². The zero-order chi connectivity index (χ0) is 9.56. The quantitative estimate of drug-likeness (QED) is 0.520. The van der Waals surface area contributed by atoms with Crippen LogP contribution >= 0.6 is 12.2 Å². The van der Waals surface area contributed by atoms with Gasteiger partial charge in [-0.25, -0.2) is 0 Å². The van der Waals surface area contributed by atoms with Crippen molar-refractivity contribution in [1.29, 1.82) is 0 Å². The second-order valence-electron chi connectivity index (χ2n) is 3.60. The standard InChI is InChI=1S/C9H20N2S/c1-8(2)9(12)10-6-5-7-11(3)4/h8H,5-7H2,1-4H3,(H,10,12). The van der Waals surface area contributed by atoms with Crippen molar-refractivity contribution in [2.24, 2.45) is 5.92 Å². The van der Waals surface area contributed by atoms with Crippen LogP contribution in [0.4, 0.5) is 0 Å². The lowest BCUT2D eigenvalue weighted by Crippen LogP contribution is -2.28. The molecule has 0 saturated carbocycles. The maximum Gasteiger partial charge on any atom is 0.0779 e. The molecule has 0 amide bonds. The minimum absolute atomic E-state index is 0.472.